The molecule has 0 amide bonds. The molecule has 124 valence electrons. The molecular formula is C18H27N5. The lowest BCUT2D eigenvalue weighted by molar-refractivity contribution is 0.159. The lowest BCUT2D eigenvalue weighted by atomic mass is 10.1. The van der Waals surface area contributed by atoms with E-state index >= 15 is 0 Å². The van der Waals surface area contributed by atoms with Crippen molar-refractivity contribution in [3.63, 3.8) is 0 Å². The molecule has 0 aliphatic carbocycles. The lowest BCUT2D eigenvalue weighted by Gasteiger charge is -2.30. The van der Waals surface area contributed by atoms with E-state index in [4.69, 9.17) is 0 Å². The van der Waals surface area contributed by atoms with E-state index in [1.165, 1.54) is 19.3 Å². The maximum absolute atomic E-state index is 4.58. The van der Waals surface area contributed by atoms with E-state index in [0.717, 1.165) is 50.4 Å². The van der Waals surface area contributed by atoms with Crippen LogP contribution in [0.5, 0.6) is 0 Å². The Kier molecular flexibility index (Phi) is 5.64. The van der Waals surface area contributed by atoms with E-state index < -0.39 is 0 Å². The summed E-state index contributed by atoms with van der Waals surface area (Å²) in [7, 11) is 2.16. The molecular weight excluding hydrogens is 286 g/mol. The quantitative estimate of drug-likeness (QED) is 0.798. The summed E-state index contributed by atoms with van der Waals surface area (Å²) in [6.45, 7) is 6.37. The Balaban J connectivity index is 1.51. The van der Waals surface area contributed by atoms with Crippen molar-refractivity contribution in [2.75, 3.05) is 46.3 Å². The van der Waals surface area contributed by atoms with Gasteiger partial charge in [-0.15, -0.1) is 0 Å². The van der Waals surface area contributed by atoms with Crippen molar-refractivity contribution in [1.29, 1.82) is 0 Å². The van der Waals surface area contributed by atoms with Crippen LogP contribution in [0.1, 0.15) is 30.4 Å². The minimum Gasteiger partial charge on any atom is -0.303 e. The van der Waals surface area contributed by atoms with Gasteiger partial charge in [0.25, 0.3) is 0 Å². The first-order chi connectivity index (χ1) is 11.3. The largest absolute Gasteiger partial charge is 0.303 e. The van der Waals surface area contributed by atoms with Crippen molar-refractivity contribution < 1.29 is 0 Å². The fraction of sp³-hybridized carbons (Fsp3) is 0.556. The summed E-state index contributed by atoms with van der Waals surface area (Å²) in [5.74, 6) is 0. The predicted molar refractivity (Wildman–Crippen MR) is 96.1 cm³/mol. The van der Waals surface area contributed by atoms with E-state index in [-0.39, 0.29) is 0 Å². The molecule has 0 saturated carbocycles. The van der Waals surface area contributed by atoms with Gasteiger partial charge in [-0.05, 0) is 37.4 Å². The minimum absolute atomic E-state index is 1.01. The maximum Gasteiger partial charge on any atom is 0.0542 e. The molecule has 0 atom stereocenters. The molecule has 0 bridgehead atoms. The highest BCUT2D eigenvalue weighted by Crippen LogP contribution is 2.09. The molecule has 2 aliphatic rings. The summed E-state index contributed by atoms with van der Waals surface area (Å²) in [6, 6.07) is 8.44. The molecule has 23 heavy (non-hydrogen) atoms. The van der Waals surface area contributed by atoms with Gasteiger partial charge in [0, 0.05) is 39.3 Å². The molecule has 5 nitrogen and oxygen atoms in total. The van der Waals surface area contributed by atoms with Gasteiger partial charge in [0.05, 0.1) is 12.4 Å². The Hall–Kier alpha value is -1.88. The fourth-order valence-electron chi connectivity index (χ4n) is 2.87. The molecule has 1 aromatic carbocycles. The second-order valence-electron chi connectivity index (χ2n) is 6.43. The summed E-state index contributed by atoms with van der Waals surface area (Å²) in [5.41, 5.74) is 2.28. The average Bonchev–Trinajstić information content (AvgIpc) is 2.61. The van der Waals surface area contributed by atoms with Crippen molar-refractivity contribution in [2.45, 2.75) is 19.3 Å². The Morgan fingerprint density at radius 3 is 1.70 bits per heavy atom. The van der Waals surface area contributed by atoms with Crippen LogP contribution in [0, 0.1) is 0 Å². The van der Waals surface area contributed by atoms with Gasteiger partial charge in [0.2, 0.25) is 0 Å². The van der Waals surface area contributed by atoms with Crippen LogP contribution in [0.15, 0.2) is 34.5 Å². The third kappa shape index (κ3) is 5.06. The zero-order chi connectivity index (χ0) is 15.9. The van der Waals surface area contributed by atoms with E-state index in [9.17, 15) is 0 Å². The SMILES string of the molecule is CN1CCN(N=Cc2ccc(C=NN3CCCCC3)cc2)CC1. The first kappa shape index (κ1) is 16.0. The first-order valence-corrected chi connectivity index (χ1v) is 8.66. The van der Waals surface area contributed by atoms with Gasteiger partial charge in [-0.2, -0.15) is 10.2 Å². The molecule has 0 aromatic heterocycles. The van der Waals surface area contributed by atoms with E-state index in [1.807, 2.05) is 12.4 Å². The highest BCUT2D eigenvalue weighted by atomic mass is 15.5. The van der Waals surface area contributed by atoms with Crippen LogP contribution in [-0.4, -0.2) is 73.7 Å². The standard InChI is InChI=1S/C18H27N5/c1-21-11-13-23(14-12-21)20-16-18-7-5-17(6-8-18)15-19-22-9-3-2-4-10-22/h5-8,15-16H,2-4,9-14H2,1H3. The van der Waals surface area contributed by atoms with Crippen molar-refractivity contribution in [3.8, 4) is 0 Å². The van der Waals surface area contributed by atoms with Crippen LogP contribution < -0.4 is 0 Å². The van der Waals surface area contributed by atoms with Crippen LogP contribution >= 0.6 is 0 Å². The van der Waals surface area contributed by atoms with Crippen molar-refractivity contribution >= 4 is 12.4 Å². The third-order valence-electron chi connectivity index (χ3n) is 4.49. The minimum atomic E-state index is 1.01. The maximum atomic E-state index is 4.58. The van der Waals surface area contributed by atoms with Gasteiger partial charge in [-0.3, -0.25) is 10.0 Å². The molecule has 1 aromatic rings. The zero-order valence-corrected chi connectivity index (χ0v) is 14.1. The molecule has 0 unspecified atom stereocenters. The predicted octanol–water partition coefficient (Wildman–Crippen LogP) is 2.09. The second kappa shape index (κ2) is 8.11. The van der Waals surface area contributed by atoms with E-state index in [2.05, 4.69) is 56.4 Å². The van der Waals surface area contributed by atoms with Crippen LogP contribution in [0.3, 0.4) is 0 Å². The summed E-state index contributed by atoms with van der Waals surface area (Å²) >= 11 is 0. The number of piperazine rings is 1. The van der Waals surface area contributed by atoms with Crippen molar-refractivity contribution in [2.24, 2.45) is 10.2 Å². The molecule has 3 rings (SSSR count). The number of hydrogen-bond acceptors (Lipinski definition) is 5. The van der Waals surface area contributed by atoms with E-state index in [0.29, 0.717) is 0 Å². The number of likely N-dealkylation sites (N-methyl/N-ethyl adjacent to an activating group) is 1. The first-order valence-electron chi connectivity index (χ1n) is 8.66. The summed E-state index contributed by atoms with van der Waals surface area (Å²) in [6.07, 6.45) is 7.79. The number of piperidine rings is 1. The molecule has 2 aliphatic heterocycles. The molecule has 0 N–H and O–H groups in total. The van der Waals surface area contributed by atoms with Crippen LogP contribution in [0.4, 0.5) is 0 Å². The molecule has 2 fully saturated rings. The summed E-state index contributed by atoms with van der Waals surface area (Å²) < 4.78 is 0. The third-order valence-corrected chi connectivity index (χ3v) is 4.49. The smallest absolute Gasteiger partial charge is 0.0542 e. The summed E-state index contributed by atoms with van der Waals surface area (Å²) in [5, 5.41) is 13.5. The number of nitrogens with zero attached hydrogens (tertiary/aromatic N) is 5. The molecule has 2 heterocycles. The number of hydrogen-bond donors (Lipinski definition) is 0. The fourth-order valence-corrected chi connectivity index (χ4v) is 2.87. The molecule has 0 spiro atoms. The topological polar surface area (TPSA) is 34.4 Å². The van der Waals surface area contributed by atoms with Crippen LogP contribution in [0.2, 0.25) is 0 Å². The molecule has 5 heteroatoms. The molecule has 0 radical (unpaired) electrons. The van der Waals surface area contributed by atoms with Crippen molar-refractivity contribution in [3.05, 3.63) is 35.4 Å². The Bertz CT molecular complexity index is 523. The van der Waals surface area contributed by atoms with Gasteiger partial charge < -0.3 is 4.90 Å². The highest BCUT2D eigenvalue weighted by molar-refractivity contribution is 5.83. The van der Waals surface area contributed by atoms with Crippen molar-refractivity contribution in [1.82, 2.24) is 14.9 Å². The average molecular weight is 313 g/mol. The zero-order valence-electron chi connectivity index (χ0n) is 14.1. The van der Waals surface area contributed by atoms with Gasteiger partial charge in [0.1, 0.15) is 0 Å². The van der Waals surface area contributed by atoms with Gasteiger partial charge in [-0.1, -0.05) is 24.3 Å². The monoisotopic (exact) mass is 313 g/mol. The van der Waals surface area contributed by atoms with Crippen LogP contribution in [-0.2, 0) is 0 Å². The number of hydrazone groups is 2. The number of rotatable bonds is 4. The van der Waals surface area contributed by atoms with Gasteiger partial charge >= 0.3 is 0 Å². The molecule has 2 saturated heterocycles. The lowest BCUT2D eigenvalue weighted by Crippen LogP contribution is -2.41. The Morgan fingerprint density at radius 1 is 0.696 bits per heavy atom. The Labute approximate surface area is 139 Å². The number of benzene rings is 1. The Morgan fingerprint density at radius 2 is 1.17 bits per heavy atom. The van der Waals surface area contributed by atoms with Gasteiger partial charge in [-0.25, -0.2) is 0 Å². The summed E-state index contributed by atoms with van der Waals surface area (Å²) in [4.78, 5) is 2.34. The normalized spacial score (nSPS) is 20.7. The second-order valence-corrected chi connectivity index (χ2v) is 6.43. The highest BCUT2D eigenvalue weighted by Gasteiger charge is 2.10. The van der Waals surface area contributed by atoms with Gasteiger partial charge in [0.15, 0.2) is 0 Å². The van der Waals surface area contributed by atoms with Crippen LogP contribution in [0.25, 0.3) is 0 Å². The van der Waals surface area contributed by atoms with E-state index in [1.54, 1.807) is 0 Å².